The van der Waals surface area contributed by atoms with Crippen LogP contribution in [-0.4, -0.2) is 34.5 Å². The van der Waals surface area contributed by atoms with Crippen molar-refractivity contribution in [3.05, 3.63) is 11.6 Å². The van der Waals surface area contributed by atoms with Crippen molar-refractivity contribution in [1.82, 2.24) is 4.90 Å². The Balaban J connectivity index is 2.73. The summed E-state index contributed by atoms with van der Waals surface area (Å²) in [6.45, 7) is 4.48. The van der Waals surface area contributed by atoms with E-state index >= 15 is 0 Å². The monoisotopic (exact) mass is 239 g/mol. The zero-order valence-corrected chi connectivity index (χ0v) is 10.6. The van der Waals surface area contributed by atoms with E-state index in [1.54, 1.807) is 11.8 Å². The van der Waals surface area contributed by atoms with Gasteiger partial charge in [0.1, 0.15) is 0 Å². The van der Waals surface area contributed by atoms with Gasteiger partial charge in [-0.2, -0.15) is 0 Å². The first kappa shape index (κ1) is 13.7. The predicted molar refractivity (Wildman–Crippen MR) is 65.7 cm³/mol. The summed E-state index contributed by atoms with van der Waals surface area (Å²) < 4.78 is 0. The third-order valence-corrected chi connectivity index (χ3v) is 3.15. The van der Waals surface area contributed by atoms with Crippen LogP contribution in [0.3, 0.4) is 0 Å². The molecule has 0 bridgehead atoms. The van der Waals surface area contributed by atoms with Crippen LogP contribution < -0.4 is 0 Å². The smallest absolute Gasteiger partial charge is 0.305 e. The topological polar surface area (TPSA) is 57.6 Å². The van der Waals surface area contributed by atoms with Gasteiger partial charge in [0.05, 0.1) is 6.42 Å². The number of carboxylic acids is 1. The Bertz CT molecular complexity index is 323. The van der Waals surface area contributed by atoms with Gasteiger partial charge < -0.3 is 10.0 Å². The molecule has 0 aromatic carbocycles. The Kier molecular flexibility index (Phi) is 5.19. The van der Waals surface area contributed by atoms with Crippen LogP contribution in [0.25, 0.3) is 0 Å². The van der Waals surface area contributed by atoms with E-state index in [1.165, 1.54) is 0 Å². The molecule has 0 aromatic rings. The second-order valence-electron chi connectivity index (χ2n) is 4.54. The minimum Gasteiger partial charge on any atom is -0.481 e. The van der Waals surface area contributed by atoms with Crippen molar-refractivity contribution in [1.29, 1.82) is 0 Å². The maximum Gasteiger partial charge on any atom is 0.305 e. The van der Waals surface area contributed by atoms with Crippen molar-refractivity contribution in [3.8, 4) is 0 Å². The van der Waals surface area contributed by atoms with Crippen molar-refractivity contribution in [2.24, 2.45) is 0 Å². The molecule has 1 heterocycles. The van der Waals surface area contributed by atoms with Crippen LogP contribution in [-0.2, 0) is 9.59 Å². The Morgan fingerprint density at radius 3 is 2.71 bits per heavy atom. The molecule has 1 rings (SSSR count). The highest BCUT2D eigenvalue weighted by atomic mass is 16.4. The number of carboxylic acid groups (broad SMARTS) is 1. The second kappa shape index (κ2) is 6.42. The number of amides is 1. The van der Waals surface area contributed by atoms with Crippen LogP contribution in [0.15, 0.2) is 11.6 Å². The van der Waals surface area contributed by atoms with Crippen molar-refractivity contribution in [2.75, 3.05) is 6.54 Å². The fraction of sp³-hybridized carbons (Fsp3) is 0.692. The van der Waals surface area contributed by atoms with Crippen LogP contribution in [0.4, 0.5) is 0 Å². The van der Waals surface area contributed by atoms with Crippen LogP contribution in [0.5, 0.6) is 0 Å². The van der Waals surface area contributed by atoms with E-state index in [0.29, 0.717) is 6.54 Å². The fourth-order valence-electron chi connectivity index (χ4n) is 2.30. The van der Waals surface area contributed by atoms with Gasteiger partial charge in [-0.3, -0.25) is 9.59 Å². The lowest BCUT2D eigenvalue weighted by Crippen LogP contribution is -2.45. The quantitative estimate of drug-likeness (QED) is 0.765. The molecule has 17 heavy (non-hydrogen) atoms. The first-order chi connectivity index (χ1) is 8.06. The number of likely N-dealkylation sites (tertiary alicyclic amines) is 1. The predicted octanol–water partition coefficient (Wildman–Crippen LogP) is 2.20. The summed E-state index contributed by atoms with van der Waals surface area (Å²) in [4.78, 5) is 24.7. The molecule has 0 saturated carbocycles. The number of hydrogen-bond donors (Lipinski definition) is 1. The molecule has 0 aliphatic carbocycles. The van der Waals surface area contributed by atoms with Crippen LogP contribution in [0.2, 0.25) is 0 Å². The highest BCUT2D eigenvalue weighted by Crippen LogP contribution is 2.21. The van der Waals surface area contributed by atoms with Gasteiger partial charge in [0, 0.05) is 18.2 Å². The Morgan fingerprint density at radius 1 is 1.41 bits per heavy atom. The standard InChI is InChI=1S/C13H21NO3/c1-3-6-10(2)13(17)14-8-5-4-7-11(14)9-12(15)16/h6,11H,3-5,7-9H2,1-2H3,(H,15,16)/b10-6+. The molecule has 1 atom stereocenters. The largest absolute Gasteiger partial charge is 0.481 e. The van der Waals surface area contributed by atoms with Crippen LogP contribution in [0.1, 0.15) is 46.0 Å². The summed E-state index contributed by atoms with van der Waals surface area (Å²) in [5.41, 5.74) is 0.727. The summed E-state index contributed by atoms with van der Waals surface area (Å²) in [6.07, 6.45) is 5.58. The summed E-state index contributed by atoms with van der Waals surface area (Å²) in [6, 6.07) is -0.131. The molecule has 96 valence electrons. The summed E-state index contributed by atoms with van der Waals surface area (Å²) in [5, 5.41) is 8.85. The molecule has 1 unspecified atom stereocenters. The van der Waals surface area contributed by atoms with Gasteiger partial charge in [-0.25, -0.2) is 0 Å². The molecular weight excluding hydrogens is 218 g/mol. The van der Waals surface area contributed by atoms with E-state index in [2.05, 4.69) is 0 Å². The highest BCUT2D eigenvalue weighted by Gasteiger charge is 2.28. The Morgan fingerprint density at radius 2 is 2.12 bits per heavy atom. The van der Waals surface area contributed by atoms with E-state index in [0.717, 1.165) is 31.3 Å². The number of allylic oxidation sites excluding steroid dienone is 1. The molecule has 1 saturated heterocycles. The normalized spacial score (nSPS) is 21.4. The van der Waals surface area contributed by atoms with Gasteiger partial charge in [0.2, 0.25) is 5.91 Å². The number of nitrogens with zero attached hydrogens (tertiary/aromatic N) is 1. The third-order valence-electron chi connectivity index (χ3n) is 3.15. The molecule has 0 aromatic heterocycles. The minimum atomic E-state index is -0.827. The molecule has 1 aliphatic rings. The minimum absolute atomic E-state index is 0.00204. The highest BCUT2D eigenvalue weighted by molar-refractivity contribution is 5.93. The first-order valence-electron chi connectivity index (χ1n) is 6.25. The lowest BCUT2D eigenvalue weighted by Gasteiger charge is -2.35. The van der Waals surface area contributed by atoms with E-state index in [1.807, 2.05) is 13.0 Å². The van der Waals surface area contributed by atoms with Crippen molar-refractivity contribution in [2.45, 2.75) is 52.0 Å². The third kappa shape index (κ3) is 3.88. The molecule has 4 nitrogen and oxygen atoms in total. The average molecular weight is 239 g/mol. The first-order valence-corrected chi connectivity index (χ1v) is 6.25. The average Bonchev–Trinajstić information content (AvgIpc) is 2.28. The summed E-state index contributed by atoms with van der Waals surface area (Å²) in [5.74, 6) is -0.829. The zero-order chi connectivity index (χ0) is 12.8. The molecule has 0 radical (unpaired) electrons. The van der Waals surface area contributed by atoms with E-state index in [9.17, 15) is 9.59 Å². The van der Waals surface area contributed by atoms with Gasteiger partial charge >= 0.3 is 5.97 Å². The SMILES string of the molecule is CC/C=C(\C)C(=O)N1CCCCC1CC(=O)O. The molecule has 1 fully saturated rings. The maximum absolute atomic E-state index is 12.1. The summed E-state index contributed by atoms with van der Waals surface area (Å²) in [7, 11) is 0. The summed E-state index contributed by atoms with van der Waals surface area (Å²) >= 11 is 0. The van der Waals surface area contributed by atoms with Gasteiger partial charge in [0.25, 0.3) is 0 Å². The second-order valence-corrected chi connectivity index (χ2v) is 4.54. The zero-order valence-electron chi connectivity index (χ0n) is 10.6. The molecule has 1 aliphatic heterocycles. The van der Waals surface area contributed by atoms with Gasteiger partial charge in [-0.05, 0) is 32.6 Å². The number of rotatable bonds is 4. The Hall–Kier alpha value is -1.32. The lowest BCUT2D eigenvalue weighted by molar-refractivity contribution is -0.140. The fourth-order valence-corrected chi connectivity index (χ4v) is 2.30. The number of carbonyl (C=O) groups excluding carboxylic acids is 1. The number of hydrogen-bond acceptors (Lipinski definition) is 2. The molecule has 1 N–H and O–H groups in total. The van der Waals surface area contributed by atoms with Gasteiger partial charge in [-0.1, -0.05) is 13.0 Å². The molecule has 1 amide bonds. The van der Waals surface area contributed by atoms with E-state index < -0.39 is 5.97 Å². The van der Waals surface area contributed by atoms with Crippen molar-refractivity contribution < 1.29 is 14.7 Å². The number of carbonyl (C=O) groups is 2. The maximum atomic E-state index is 12.1. The molecule has 4 heteroatoms. The van der Waals surface area contributed by atoms with E-state index in [4.69, 9.17) is 5.11 Å². The van der Waals surface area contributed by atoms with Crippen molar-refractivity contribution >= 4 is 11.9 Å². The van der Waals surface area contributed by atoms with Crippen LogP contribution in [0, 0.1) is 0 Å². The molecular formula is C13H21NO3. The van der Waals surface area contributed by atoms with Crippen molar-refractivity contribution in [3.63, 3.8) is 0 Å². The van der Waals surface area contributed by atoms with Crippen LogP contribution >= 0.6 is 0 Å². The van der Waals surface area contributed by atoms with E-state index in [-0.39, 0.29) is 18.4 Å². The van der Waals surface area contributed by atoms with Gasteiger partial charge in [0.15, 0.2) is 0 Å². The molecule has 0 spiro atoms. The number of piperidine rings is 1. The number of aliphatic carboxylic acids is 1. The van der Waals surface area contributed by atoms with Gasteiger partial charge in [-0.15, -0.1) is 0 Å². The lowest BCUT2D eigenvalue weighted by atomic mass is 9.98. The Labute approximate surface area is 102 Å².